The number of Topliss-reactive ketones (excluding diaryl/α,β-unsaturated/α-hetero) is 1. The molecule has 0 aliphatic carbocycles. The standard InChI is InChI=1S/C22H25N3O2/c1-27-18-6-4-16(5-7-18)21(26)22-19(17-3-2-10-23-13-17)14-24-20(22)15-8-11-25(22)12-9-15/h2-7,10,13,15,19-20,24H,8-9,11-12,14H2,1H3. The minimum absolute atomic E-state index is 0.119. The predicted octanol–water partition coefficient (Wildman–Crippen LogP) is 2.49. The number of rotatable bonds is 4. The quantitative estimate of drug-likeness (QED) is 0.846. The molecule has 3 unspecified atom stereocenters. The molecule has 5 nitrogen and oxygen atoms in total. The van der Waals surface area contributed by atoms with E-state index in [1.165, 1.54) is 12.8 Å². The first-order valence-electron chi connectivity index (χ1n) is 9.82. The van der Waals surface area contributed by atoms with Crippen LogP contribution in [0, 0.1) is 5.92 Å². The number of piperidine rings is 3. The van der Waals surface area contributed by atoms with Crippen molar-refractivity contribution >= 4 is 5.78 Å². The Labute approximate surface area is 159 Å². The van der Waals surface area contributed by atoms with Crippen molar-refractivity contribution in [1.29, 1.82) is 0 Å². The SMILES string of the molecule is COc1ccc(C(=O)C23C(c4cccnc4)CNC2C2CCN3CC2)cc1. The number of hydrogen-bond acceptors (Lipinski definition) is 5. The molecule has 4 fully saturated rings. The Morgan fingerprint density at radius 3 is 2.67 bits per heavy atom. The zero-order valence-corrected chi connectivity index (χ0v) is 15.6. The van der Waals surface area contributed by atoms with Crippen molar-refractivity contribution in [3.8, 4) is 5.75 Å². The molecule has 0 radical (unpaired) electrons. The van der Waals surface area contributed by atoms with Crippen LogP contribution in [-0.2, 0) is 0 Å². The lowest BCUT2D eigenvalue weighted by Crippen LogP contribution is -2.72. The molecule has 0 amide bonds. The first-order chi connectivity index (χ1) is 13.2. The number of aromatic nitrogens is 1. The van der Waals surface area contributed by atoms with Crippen molar-refractivity contribution in [3.05, 3.63) is 59.9 Å². The minimum Gasteiger partial charge on any atom is -0.497 e. The number of nitrogens with one attached hydrogen (secondary N) is 1. The second-order valence-electron chi connectivity index (χ2n) is 7.93. The van der Waals surface area contributed by atoms with E-state index in [1.54, 1.807) is 13.3 Å². The van der Waals surface area contributed by atoms with Gasteiger partial charge < -0.3 is 10.1 Å². The van der Waals surface area contributed by atoms with Gasteiger partial charge in [0, 0.05) is 36.5 Å². The van der Waals surface area contributed by atoms with Crippen LogP contribution >= 0.6 is 0 Å². The molecule has 0 saturated carbocycles. The molecule has 4 aliphatic rings. The van der Waals surface area contributed by atoms with Gasteiger partial charge in [-0.3, -0.25) is 14.7 Å². The first kappa shape index (κ1) is 16.9. The van der Waals surface area contributed by atoms with Crippen LogP contribution in [0.4, 0.5) is 0 Å². The van der Waals surface area contributed by atoms with Gasteiger partial charge in [-0.15, -0.1) is 0 Å². The number of methoxy groups -OCH3 is 1. The maximum absolute atomic E-state index is 14.0. The Hall–Kier alpha value is -2.24. The molecule has 4 saturated heterocycles. The Morgan fingerprint density at radius 1 is 1.22 bits per heavy atom. The molecule has 140 valence electrons. The first-order valence-corrected chi connectivity index (χ1v) is 9.82. The molecule has 0 spiro atoms. The highest BCUT2D eigenvalue weighted by atomic mass is 16.5. The summed E-state index contributed by atoms with van der Waals surface area (Å²) in [6.45, 7) is 2.83. The molecule has 3 atom stereocenters. The Kier molecular flexibility index (Phi) is 4.02. The van der Waals surface area contributed by atoms with Crippen molar-refractivity contribution in [2.24, 2.45) is 5.92 Å². The summed E-state index contributed by atoms with van der Waals surface area (Å²) in [6, 6.07) is 11.9. The maximum atomic E-state index is 14.0. The second kappa shape index (κ2) is 6.43. The third kappa shape index (κ3) is 2.38. The van der Waals surface area contributed by atoms with Crippen molar-refractivity contribution in [2.45, 2.75) is 30.3 Å². The van der Waals surface area contributed by atoms with Gasteiger partial charge in [-0.25, -0.2) is 0 Å². The third-order valence-electron chi connectivity index (χ3n) is 6.88. The Balaban J connectivity index is 1.63. The summed E-state index contributed by atoms with van der Waals surface area (Å²) < 4.78 is 5.28. The summed E-state index contributed by atoms with van der Waals surface area (Å²) in [5.41, 5.74) is 1.41. The highest BCUT2D eigenvalue weighted by molar-refractivity contribution is 6.05. The number of fused-ring (bicyclic) bond motifs is 2. The summed E-state index contributed by atoms with van der Waals surface area (Å²) in [5, 5.41) is 3.74. The van der Waals surface area contributed by atoms with E-state index in [-0.39, 0.29) is 17.7 Å². The van der Waals surface area contributed by atoms with Crippen molar-refractivity contribution in [1.82, 2.24) is 15.2 Å². The van der Waals surface area contributed by atoms with Gasteiger partial charge in [-0.05, 0) is 67.7 Å². The lowest BCUT2D eigenvalue weighted by atomic mass is 9.63. The number of nitrogens with zero attached hydrogens (tertiary/aromatic N) is 2. The summed E-state index contributed by atoms with van der Waals surface area (Å²) in [4.78, 5) is 20.8. The van der Waals surface area contributed by atoms with E-state index in [0.717, 1.165) is 36.5 Å². The molecule has 5 heterocycles. The molecule has 2 bridgehead atoms. The van der Waals surface area contributed by atoms with Crippen molar-refractivity contribution in [2.75, 3.05) is 26.7 Å². The fourth-order valence-corrected chi connectivity index (χ4v) is 5.69. The molecule has 4 aliphatic heterocycles. The van der Waals surface area contributed by atoms with Gasteiger partial charge in [-0.2, -0.15) is 0 Å². The largest absolute Gasteiger partial charge is 0.497 e. The lowest BCUT2D eigenvalue weighted by molar-refractivity contribution is -0.0313. The smallest absolute Gasteiger partial charge is 0.185 e. The number of pyridine rings is 1. The predicted molar refractivity (Wildman–Crippen MR) is 103 cm³/mol. The average Bonchev–Trinajstić information content (AvgIpc) is 3.18. The highest BCUT2D eigenvalue weighted by Crippen LogP contribution is 2.51. The molecule has 1 aromatic carbocycles. The van der Waals surface area contributed by atoms with Gasteiger partial charge in [-0.1, -0.05) is 6.07 Å². The van der Waals surface area contributed by atoms with Crippen molar-refractivity contribution in [3.63, 3.8) is 0 Å². The van der Waals surface area contributed by atoms with E-state index in [0.29, 0.717) is 5.92 Å². The van der Waals surface area contributed by atoms with Crippen LogP contribution < -0.4 is 10.1 Å². The number of ether oxygens (including phenoxy) is 1. The van der Waals surface area contributed by atoms with Crippen LogP contribution in [0.2, 0.25) is 0 Å². The molecule has 6 rings (SSSR count). The molecule has 1 N–H and O–H groups in total. The lowest BCUT2D eigenvalue weighted by Gasteiger charge is -2.57. The van der Waals surface area contributed by atoms with Gasteiger partial charge >= 0.3 is 0 Å². The van der Waals surface area contributed by atoms with Gasteiger partial charge in [0.25, 0.3) is 0 Å². The van der Waals surface area contributed by atoms with E-state index in [4.69, 9.17) is 4.74 Å². The molecule has 27 heavy (non-hydrogen) atoms. The molecular weight excluding hydrogens is 338 g/mol. The van der Waals surface area contributed by atoms with E-state index < -0.39 is 5.54 Å². The van der Waals surface area contributed by atoms with Crippen LogP contribution in [0.5, 0.6) is 5.75 Å². The maximum Gasteiger partial charge on any atom is 0.185 e. The topological polar surface area (TPSA) is 54.5 Å². The minimum atomic E-state index is -0.515. The Morgan fingerprint density at radius 2 is 2.00 bits per heavy atom. The number of carbonyl (C=O) groups is 1. The number of ketones is 1. The number of carbonyl (C=O) groups excluding carboxylic acids is 1. The molecule has 1 aromatic heterocycles. The monoisotopic (exact) mass is 363 g/mol. The van der Waals surface area contributed by atoms with E-state index in [9.17, 15) is 4.79 Å². The highest BCUT2D eigenvalue weighted by Gasteiger charge is 2.64. The van der Waals surface area contributed by atoms with E-state index >= 15 is 0 Å². The molecule has 2 aromatic rings. The zero-order valence-electron chi connectivity index (χ0n) is 15.6. The van der Waals surface area contributed by atoms with Gasteiger partial charge in [0.15, 0.2) is 5.78 Å². The van der Waals surface area contributed by atoms with E-state index in [2.05, 4.69) is 21.3 Å². The number of hydrogen-bond donors (Lipinski definition) is 1. The summed E-state index contributed by atoms with van der Waals surface area (Å²) >= 11 is 0. The van der Waals surface area contributed by atoms with Crippen molar-refractivity contribution < 1.29 is 9.53 Å². The van der Waals surface area contributed by atoms with Gasteiger partial charge in [0.05, 0.1) is 7.11 Å². The fraction of sp³-hybridized carbons (Fsp3) is 0.455. The van der Waals surface area contributed by atoms with Gasteiger partial charge in [0.2, 0.25) is 0 Å². The fourth-order valence-electron chi connectivity index (χ4n) is 5.69. The summed E-state index contributed by atoms with van der Waals surface area (Å²) in [5.74, 6) is 1.70. The van der Waals surface area contributed by atoms with Crippen LogP contribution in [0.1, 0.15) is 34.7 Å². The second-order valence-corrected chi connectivity index (χ2v) is 7.93. The van der Waals surface area contributed by atoms with Crippen LogP contribution in [0.25, 0.3) is 0 Å². The number of benzene rings is 1. The normalized spacial score (nSPS) is 34.3. The summed E-state index contributed by atoms with van der Waals surface area (Å²) in [6.07, 6.45) is 6.08. The third-order valence-corrected chi connectivity index (χ3v) is 6.88. The zero-order chi connectivity index (χ0) is 18.4. The molecular formula is C22H25N3O2. The van der Waals surface area contributed by atoms with Crippen LogP contribution in [-0.4, -0.2) is 54.0 Å². The Bertz CT molecular complexity index is 830. The van der Waals surface area contributed by atoms with Gasteiger partial charge in [0.1, 0.15) is 11.3 Å². The average molecular weight is 363 g/mol. The van der Waals surface area contributed by atoms with E-state index in [1.807, 2.05) is 36.5 Å². The van der Waals surface area contributed by atoms with Crippen LogP contribution in [0.15, 0.2) is 48.8 Å². The molecule has 5 heteroatoms. The van der Waals surface area contributed by atoms with Crippen LogP contribution in [0.3, 0.4) is 0 Å². The summed E-state index contributed by atoms with van der Waals surface area (Å²) in [7, 11) is 1.65.